The largest absolute Gasteiger partial charge is 0.384 e. The minimum absolute atomic E-state index is 0.791. The molecular formula is C11H16BrNOS. The molecule has 0 fully saturated rings. The Morgan fingerprint density at radius 1 is 1.47 bits per heavy atom. The Balaban J connectivity index is 2.67. The van der Waals surface area contributed by atoms with E-state index in [2.05, 4.69) is 39.4 Å². The highest BCUT2D eigenvalue weighted by Gasteiger charge is 2.02. The van der Waals surface area contributed by atoms with Crippen LogP contribution >= 0.6 is 27.7 Å². The first-order valence-corrected chi connectivity index (χ1v) is 6.60. The number of halogens is 1. The second kappa shape index (κ2) is 7.28. The Morgan fingerprint density at radius 3 is 2.93 bits per heavy atom. The number of ether oxygens (including phenoxy) is 1. The molecule has 0 atom stereocenters. The molecule has 0 aliphatic rings. The number of rotatable bonds is 6. The second-order valence-corrected chi connectivity index (χ2v) is 5.18. The van der Waals surface area contributed by atoms with Gasteiger partial charge in [-0.2, -0.15) is 0 Å². The standard InChI is InChI=1S/C11H16BrNOS/c1-13-8-9-7-10(12)3-4-11(9)15-6-5-14-2/h3-4,7,13H,5-6,8H2,1-2H3. The summed E-state index contributed by atoms with van der Waals surface area (Å²) in [6, 6.07) is 6.39. The van der Waals surface area contributed by atoms with Gasteiger partial charge in [0.15, 0.2) is 0 Å². The molecule has 0 aliphatic heterocycles. The maximum absolute atomic E-state index is 5.04. The highest BCUT2D eigenvalue weighted by Crippen LogP contribution is 2.25. The molecule has 0 unspecified atom stereocenters. The second-order valence-electron chi connectivity index (χ2n) is 3.12. The maximum atomic E-state index is 5.04. The third-order valence-electron chi connectivity index (χ3n) is 1.93. The Morgan fingerprint density at radius 2 is 2.27 bits per heavy atom. The van der Waals surface area contributed by atoms with Gasteiger partial charge in [0.25, 0.3) is 0 Å². The van der Waals surface area contributed by atoms with E-state index >= 15 is 0 Å². The molecular weight excluding hydrogens is 274 g/mol. The van der Waals surface area contributed by atoms with Gasteiger partial charge in [0.05, 0.1) is 6.61 Å². The van der Waals surface area contributed by atoms with Crippen molar-refractivity contribution < 1.29 is 4.74 Å². The molecule has 84 valence electrons. The van der Waals surface area contributed by atoms with Crippen LogP contribution in [-0.2, 0) is 11.3 Å². The SMILES string of the molecule is CNCc1cc(Br)ccc1SCCOC. The zero-order valence-corrected chi connectivity index (χ0v) is 11.5. The molecule has 0 amide bonds. The van der Waals surface area contributed by atoms with Crippen LogP contribution in [0.2, 0.25) is 0 Å². The molecule has 0 aliphatic carbocycles. The highest BCUT2D eigenvalue weighted by atomic mass is 79.9. The van der Waals surface area contributed by atoms with Gasteiger partial charge in [-0.05, 0) is 30.8 Å². The highest BCUT2D eigenvalue weighted by molar-refractivity contribution is 9.10. The van der Waals surface area contributed by atoms with E-state index in [1.165, 1.54) is 10.5 Å². The monoisotopic (exact) mass is 289 g/mol. The van der Waals surface area contributed by atoms with Crippen molar-refractivity contribution in [2.45, 2.75) is 11.4 Å². The van der Waals surface area contributed by atoms with Crippen LogP contribution in [-0.4, -0.2) is 26.5 Å². The molecule has 15 heavy (non-hydrogen) atoms. The van der Waals surface area contributed by atoms with Gasteiger partial charge in [0.1, 0.15) is 0 Å². The first kappa shape index (κ1) is 13.0. The van der Waals surface area contributed by atoms with Crippen molar-refractivity contribution in [3.63, 3.8) is 0 Å². The van der Waals surface area contributed by atoms with E-state index in [4.69, 9.17) is 4.74 Å². The van der Waals surface area contributed by atoms with Gasteiger partial charge >= 0.3 is 0 Å². The number of thioether (sulfide) groups is 1. The lowest BCUT2D eigenvalue weighted by atomic mass is 10.2. The van der Waals surface area contributed by atoms with Gasteiger partial charge in [0, 0.05) is 28.8 Å². The van der Waals surface area contributed by atoms with Crippen molar-refractivity contribution in [3.05, 3.63) is 28.2 Å². The minimum atomic E-state index is 0.791. The lowest BCUT2D eigenvalue weighted by Crippen LogP contribution is -2.06. The summed E-state index contributed by atoms with van der Waals surface area (Å²) < 4.78 is 6.17. The van der Waals surface area contributed by atoms with Gasteiger partial charge in [-0.15, -0.1) is 11.8 Å². The van der Waals surface area contributed by atoms with Crippen LogP contribution < -0.4 is 5.32 Å². The van der Waals surface area contributed by atoms with E-state index in [0.717, 1.165) is 23.4 Å². The van der Waals surface area contributed by atoms with E-state index < -0.39 is 0 Å². The average molecular weight is 290 g/mol. The van der Waals surface area contributed by atoms with Crippen molar-refractivity contribution in [2.24, 2.45) is 0 Å². The topological polar surface area (TPSA) is 21.3 Å². The van der Waals surface area contributed by atoms with Crippen LogP contribution in [0.15, 0.2) is 27.6 Å². The first-order valence-electron chi connectivity index (χ1n) is 4.82. The number of hydrogen-bond donors (Lipinski definition) is 1. The Labute approximate surface area is 104 Å². The van der Waals surface area contributed by atoms with Gasteiger partial charge in [-0.25, -0.2) is 0 Å². The fraction of sp³-hybridized carbons (Fsp3) is 0.455. The predicted molar refractivity (Wildman–Crippen MR) is 69.5 cm³/mol. The number of benzene rings is 1. The van der Waals surface area contributed by atoms with Crippen molar-refractivity contribution in [3.8, 4) is 0 Å². The van der Waals surface area contributed by atoms with Crippen LogP contribution in [0.3, 0.4) is 0 Å². The molecule has 1 aromatic rings. The van der Waals surface area contributed by atoms with Crippen LogP contribution in [0.4, 0.5) is 0 Å². The summed E-state index contributed by atoms with van der Waals surface area (Å²) >= 11 is 5.32. The Hall–Kier alpha value is -0.0300. The van der Waals surface area contributed by atoms with E-state index in [1.54, 1.807) is 7.11 Å². The normalized spacial score (nSPS) is 10.6. The predicted octanol–water partition coefficient (Wildman–Crippen LogP) is 2.91. The molecule has 4 heteroatoms. The fourth-order valence-electron chi connectivity index (χ4n) is 1.25. The number of methoxy groups -OCH3 is 1. The average Bonchev–Trinajstić information content (AvgIpc) is 2.22. The molecule has 1 N–H and O–H groups in total. The summed E-state index contributed by atoms with van der Waals surface area (Å²) in [5, 5.41) is 3.18. The summed E-state index contributed by atoms with van der Waals surface area (Å²) in [7, 11) is 3.70. The Kier molecular flexibility index (Phi) is 6.32. The van der Waals surface area contributed by atoms with E-state index in [1.807, 2.05) is 18.8 Å². The van der Waals surface area contributed by atoms with Crippen LogP contribution in [0.5, 0.6) is 0 Å². The van der Waals surface area contributed by atoms with Crippen molar-refractivity contribution in [1.29, 1.82) is 0 Å². The molecule has 0 bridgehead atoms. The molecule has 2 nitrogen and oxygen atoms in total. The third kappa shape index (κ3) is 4.55. The zero-order chi connectivity index (χ0) is 11.1. The van der Waals surface area contributed by atoms with Crippen molar-refractivity contribution >= 4 is 27.7 Å². The summed E-state index contributed by atoms with van der Waals surface area (Å²) in [4.78, 5) is 1.32. The summed E-state index contributed by atoms with van der Waals surface area (Å²) in [6.07, 6.45) is 0. The number of hydrogen-bond acceptors (Lipinski definition) is 3. The van der Waals surface area contributed by atoms with Gasteiger partial charge in [-0.3, -0.25) is 0 Å². The van der Waals surface area contributed by atoms with Crippen LogP contribution in [0.1, 0.15) is 5.56 Å². The summed E-state index contributed by atoms with van der Waals surface area (Å²) in [5.41, 5.74) is 1.33. The third-order valence-corrected chi connectivity index (χ3v) is 3.51. The number of nitrogens with one attached hydrogen (secondary N) is 1. The lowest BCUT2D eigenvalue weighted by molar-refractivity contribution is 0.218. The van der Waals surface area contributed by atoms with Gasteiger partial charge in [-0.1, -0.05) is 15.9 Å². The zero-order valence-electron chi connectivity index (χ0n) is 9.05. The van der Waals surface area contributed by atoms with Crippen molar-refractivity contribution in [2.75, 3.05) is 26.5 Å². The molecule has 0 aromatic heterocycles. The molecule has 0 saturated carbocycles. The van der Waals surface area contributed by atoms with Crippen molar-refractivity contribution in [1.82, 2.24) is 5.32 Å². The van der Waals surface area contributed by atoms with E-state index in [9.17, 15) is 0 Å². The smallest absolute Gasteiger partial charge is 0.0556 e. The summed E-state index contributed by atoms with van der Waals surface area (Å²) in [5.74, 6) is 0.995. The molecule has 0 radical (unpaired) electrons. The minimum Gasteiger partial charge on any atom is -0.384 e. The van der Waals surface area contributed by atoms with Gasteiger partial charge in [0.2, 0.25) is 0 Å². The maximum Gasteiger partial charge on any atom is 0.0556 e. The van der Waals surface area contributed by atoms with Gasteiger partial charge < -0.3 is 10.1 Å². The summed E-state index contributed by atoms with van der Waals surface area (Å²) in [6.45, 7) is 1.69. The van der Waals surface area contributed by atoms with Crippen LogP contribution in [0, 0.1) is 0 Å². The Bertz CT molecular complexity index is 307. The van der Waals surface area contributed by atoms with E-state index in [-0.39, 0.29) is 0 Å². The molecule has 1 rings (SSSR count). The molecule has 0 heterocycles. The van der Waals surface area contributed by atoms with E-state index in [0.29, 0.717) is 0 Å². The quantitative estimate of drug-likeness (QED) is 0.643. The molecule has 1 aromatic carbocycles. The molecule has 0 spiro atoms. The fourth-order valence-corrected chi connectivity index (χ4v) is 2.61. The van der Waals surface area contributed by atoms with Crippen LogP contribution in [0.25, 0.3) is 0 Å². The first-order chi connectivity index (χ1) is 7.27. The lowest BCUT2D eigenvalue weighted by Gasteiger charge is -2.09. The molecule has 0 saturated heterocycles.